The summed E-state index contributed by atoms with van der Waals surface area (Å²) in [6.07, 6.45) is 1.18. The number of likely N-dealkylation sites (tertiary alicyclic amines) is 1. The van der Waals surface area contributed by atoms with Gasteiger partial charge in [0.15, 0.2) is 11.0 Å². The number of ether oxygens (including phenoxy) is 1. The van der Waals surface area contributed by atoms with Gasteiger partial charge in [-0.1, -0.05) is 55.9 Å². The van der Waals surface area contributed by atoms with Crippen molar-refractivity contribution in [3.05, 3.63) is 54.6 Å². The van der Waals surface area contributed by atoms with Gasteiger partial charge in [-0.15, -0.1) is 10.2 Å². The molecule has 0 bridgehead atoms. The summed E-state index contributed by atoms with van der Waals surface area (Å²) in [4.78, 5) is 14.9. The number of methoxy groups -OCH3 is 1. The van der Waals surface area contributed by atoms with Crippen LogP contribution in [-0.2, 0) is 4.79 Å². The molecule has 1 amide bonds. The summed E-state index contributed by atoms with van der Waals surface area (Å²) >= 11 is 1.44. The summed E-state index contributed by atoms with van der Waals surface area (Å²) in [5.41, 5.74) is 1.87. The monoisotopic (exact) mass is 436 g/mol. The number of nitrogens with zero attached hydrogens (tertiary/aromatic N) is 4. The molecule has 1 aliphatic rings. The summed E-state index contributed by atoms with van der Waals surface area (Å²) in [6, 6.07) is 17.8. The first-order chi connectivity index (χ1) is 15.0. The molecule has 3 aromatic rings. The third kappa shape index (κ3) is 4.93. The number of thioether (sulfide) groups is 1. The van der Waals surface area contributed by atoms with E-state index in [9.17, 15) is 4.79 Å². The maximum absolute atomic E-state index is 12.9. The van der Waals surface area contributed by atoms with Crippen molar-refractivity contribution in [2.75, 3.05) is 26.0 Å². The Labute approximate surface area is 187 Å². The molecule has 0 radical (unpaired) electrons. The van der Waals surface area contributed by atoms with Gasteiger partial charge in [-0.3, -0.25) is 9.36 Å². The second-order valence-electron chi connectivity index (χ2n) is 8.24. The van der Waals surface area contributed by atoms with Crippen LogP contribution in [0.5, 0.6) is 5.75 Å². The first-order valence-electron chi connectivity index (χ1n) is 10.6. The number of aromatic nitrogens is 3. The van der Waals surface area contributed by atoms with Gasteiger partial charge in [0.25, 0.3) is 0 Å². The minimum atomic E-state index is 0.161. The zero-order valence-electron chi connectivity index (χ0n) is 18.2. The molecule has 2 atom stereocenters. The van der Waals surface area contributed by atoms with Gasteiger partial charge >= 0.3 is 0 Å². The minimum Gasteiger partial charge on any atom is -0.497 e. The Bertz CT molecular complexity index is 1030. The quantitative estimate of drug-likeness (QED) is 0.531. The molecule has 0 saturated carbocycles. The van der Waals surface area contributed by atoms with Crippen molar-refractivity contribution in [1.82, 2.24) is 19.7 Å². The second kappa shape index (κ2) is 9.56. The van der Waals surface area contributed by atoms with E-state index < -0.39 is 0 Å². The summed E-state index contributed by atoms with van der Waals surface area (Å²) in [7, 11) is 1.65. The van der Waals surface area contributed by atoms with Crippen LogP contribution >= 0.6 is 11.8 Å². The Morgan fingerprint density at radius 3 is 2.52 bits per heavy atom. The number of rotatable bonds is 6. The SMILES string of the molecule is COc1cccc(-c2nnc(SCC(=O)N3CC(C)CC(C)C3)n2-c2ccccc2)c1. The molecule has 1 fully saturated rings. The number of carbonyl (C=O) groups is 1. The second-order valence-corrected chi connectivity index (χ2v) is 9.19. The predicted molar refractivity (Wildman–Crippen MR) is 124 cm³/mol. The lowest BCUT2D eigenvalue weighted by Crippen LogP contribution is -2.43. The topological polar surface area (TPSA) is 60.3 Å². The van der Waals surface area contributed by atoms with Gasteiger partial charge in [0.2, 0.25) is 5.91 Å². The van der Waals surface area contributed by atoms with Crippen LogP contribution in [0.2, 0.25) is 0 Å². The lowest BCUT2D eigenvalue weighted by atomic mass is 9.92. The molecule has 7 heteroatoms. The van der Waals surface area contributed by atoms with E-state index in [1.807, 2.05) is 64.1 Å². The zero-order chi connectivity index (χ0) is 21.8. The molecule has 1 aromatic heterocycles. The van der Waals surface area contributed by atoms with Crippen molar-refractivity contribution >= 4 is 17.7 Å². The summed E-state index contributed by atoms with van der Waals surface area (Å²) in [6.45, 7) is 6.11. The van der Waals surface area contributed by atoms with Crippen LogP contribution in [-0.4, -0.2) is 51.5 Å². The van der Waals surface area contributed by atoms with Gasteiger partial charge in [0.05, 0.1) is 12.9 Å². The number of carbonyl (C=O) groups excluding carboxylic acids is 1. The first-order valence-corrected chi connectivity index (χ1v) is 11.6. The highest BCUT2D eigenvalue weighted by Crippen LogP contribution is 2.30. The Hall–Kier alpha value is -2.80. The standard InChI is InChI=1S/C24H28N4O2S/c1-17-12-18(2)15-27(14-17)22(29)16-31-24-26-25-23(19-8-7-11-21(13-19)30-3)28(24)20-9-5-4-6-10-20/h4-11,13,17-18H,12,14-16H2,1-3H3. The van der Waals surface area contributed by atoms with E-state index in [-0.39, 0.29) is 5.91 Å². The summed E-state index contributed by atoms with van der Waals surface area (Å²) < 4.78 is 7.39. The summed E-state index contributed by atoms with van der Waals surface area (Å²) in [5.74, 6) is 3.09. The van der Waals surface area contributed by atoms with Crippen LogP contribution in [0.4, 0.5) is 0 Å². The fraction of sp³-hybridized carbons (Fsp3) is 0.375. The smallest absolute Gasteiger partial charge is 0.233 e. The minimum absolute atomic E-state index is 0.161. The van der Waals surface area contributed by atoms with Crippen molar-refractivity contribution in [3.8, 4) is 22.8 Å². The number of benzene rings is 2. The average Bonchev–Trinajstić information content (AvgIpc) is 3.21. The zero-order valence-corrected chi connectivity index (χ0v) is 19.0. The van der Waals surface area contributed by atoms with Crippen LogP contribution in [0.25, 0.3) is 17.1 Å². The molecule has 0 N–H and O–H groups in total. The van der Waals surface area contributed by atoms with E-state index in [1.54, 1.807) is 7.11 Å². The van der Waals surface area contributed by atoms with Gasteiger partial charge < -0.3 is 9.64 Å². The first kappa shape index (κ1) is 21.4. The molecule has 2 heterocycles. The highest BCUT2D eigenvalue weighted by Gasteiger charge is 2.26. The van der Waals surface area contributed by atoms with E-state index >= 15 is 0 Å². The van der Waals surface area contributed by atoms with Crippen LogP contribution in [0.1, 0.15) is 20.3 Å². The molecule has 31 heavy (non-hydrogen) atoms. The fourth-order valence-electron chi connectivity index (χ4n) is 4.21. The Kier molecular flexibility index (Phi) is 6.61. The van der Waals surface area contributed by atoms with E-state index in [2.05, 4.69) is 24.0 Å². The highest BCUT2D eigenvalue weighted by atomic mass is 32.2. The number of para-hydroxylation sites is 1. The van der Waals surface area contributed by atoms with Crippen LogP contribution in [0, 0.1) is 11.8 Å². The molecule has 2 aromatic carbocycles. The van der Waals surface area contributed by atoms with Gasteiger partial charge in [-0.2, -0.15) is 0 Å². The van der Waals surface area contributed by atoms with Crippen molar-refractivity contribution in [1.29, 1.82) is 0 Å². The van der Waals surface area contributed by atoms with Crippen LogP contribution < -0.4 is 4.74 Å². The lowest BCUT2D eigenvalue weighted by molar-refractivity contribution is -0.130. The largest absolute Gasteiger partial charge is 0.497 e. The van der Waals surface area contributed by atoms with Crippen molar-refractivity contribution < 1.29 is 9.53 Å². The molecule has 0 aliphatic carbocycles. The number of hydrogen-bond donors (Lipinski definition) is 0. The Morgan fingerprint density at radius 1 is 1.06 bits per heavy atom. The lowest BCUT2D eigenvalue weighted by Gasteiger charge is -2.34. The van der Waals surface area contributed by atoms with Crippen molar-refractivity contribution in [3.63, 3.8) is 0 Å². The molecule has 2 unspecified atom stereocenters. The Morgan fingerprint density at radius 2 is 1.81 bits per heavy atom. The third-order valence-corrected chi connectivity index (χ3v) is 6.44. The Balaban J connectivity index is 1.60. The van der Waals surface area contributed by atoms with Gasteiger partial charge in [-0.25, -0.2) is 0 Å². The van der Waals surface area contributed by atoms with Gasteiger partial charge in [0, 0.05) is 24.3 Å². The van der Waals surface area contributed by atoms with Gasteiger partial charge in [-0.05, 0) is 42.5 Å². The number of amides is 1. The maximum atomic E-state index is 12.9. The average molecular weight is 437 g/mol. The van der Waals surface area contributed by atoms with Crippen LogP contribution in [0.3, 0.4) is 0 Å². The third-order valence-electron chi connectivity index (χ3n) is 5.52. The van der Waals surface area contributed by atoms with E-state index in [1.165, 1.54) is 18.2 Å². The fourth-order valence-corrected chi connectivity index (χ4v) is 5.06. The van der Waals surface area contributed by atoms with E-state index in [0.717, 1.165) is 35.9 Å². The normalized spacial score (nSPS) is 18.7. The van der Waals surface area contributed by atoms with Gasteiger partial charge in [0.1, 0.15) is 5.75 Å². The number of hydrogen-bond acceptors (Lipinski definition) is 5. The van der Waals surface area contributed by atoms with E-state index in [0.29, 0.717) is 22.7 Å². The molecule has 6 nitrogen and oxygen atoms in total. The molecule has 162 valence electrons. The van der Waals surface area contributed by atoms with E-state index in [4.69, 9.17) is 4.74 Å². The highest BCUT2D eigenvalue weighted by molar-refractivity contribution is 7.99. The maximum Gasteiger partial charge on any atom is 0.233 e. The molecule has 0 spiro atoms. The predicted octanol–water partition coefficient (Wildman–Crippen LogP) is 4.54. The molecule has 1 aliphatic heterocycles. The number of piperidine rings is 1. The van der Waals surface area contributed by atoms with Crippen LogP contribution in [0.15, 0.2) is 59.8 Å². The van der Waals surface area contributed by atoms with Crippen molar-refractivity contribution in [2.24, 2.45) is 11.8 Å². The summed E-state index contributed by atoms with van der Waals surface area (Å²) in [5, 5.41) is 9.60. The molecular formula is C24H28N4O2S. The molecule has 4 rings (SSSR count). The molecular weight excluding hydrogens is 408 g/mol. The molecule has 1 saturated heterocycles. The van der Waals surface area contributed by atoms with Crippen molar-refractivity contribution in [2.45, 2.75) is 25.4 Å².